The Morgan fingerprint density at radius 3 is 3.11 bits per heavy atom. The van der Waals surface area contributed by atoms with Gasteiger partial charge in [-0.3, -0.25) is 4.68 Å². The van der Waals surface area contributed by atoms with Crippen molar-refractivity contribution in [2.75, 3.05) is 32.7 Å². The molecule has 2 unspecified atom stereocenters. The zero-order valence-electron chi connectivity index (χ0n) is 12.2. The lowest BCUT2D eigenvalue weighted by Gasteiger charge is -2.37. The first-order chi connectivity index (χ1) is 9.15. The van der Waals surface area contributed by atoms with Crippen LogP contribution in [0.4, 0.5) is 0 Å². The van der Waals surface area contributed by atoms with Gasteiger partial charge < -0.3 is 10.2 Å². The molecule has 0 saturated carbocycles. The van der Waals surface area contributed by atoms with Crippen molar-refractivity contribution in [1.82, 2.24) is 20.0 Å². The van der Waals surface area contributed by atoms with E-state index < -0.39 is 0 Å². The fourth-order valence-corrected chi connectivity index (χ4v) is 3.57. The van der Waals surface area contributed by atoms with Crippen molar-refractivity contribution in [1.29, 1.82) is 0 Å². The summed E-state index contributed by atoms with van der Waals surface area (Å²) in [4.78, 5) is 2.65. The summed E-state index contributed by atoms with van der Waals surface area (Å²) >= 11 is 0. The van der Waals surface area contributed by atoms with E-state index in [2.05, 4.69) is 40.0 Å². The van der Waals surface area contributed by atoms with E-state index in [0.29, 0.717) is 11.5 Å². The maximum atomic E-state index is 4.50. The van der Waals surface area contributed by atoms with Crippen molar-refractivity contribution in [3.05, 3.63) is 18.0 Å². The Labute approximate surface area is 116 Å². The third-order valence-corrected chi connectivity index (χ3v) is 4.65. The van der Waals surface area contributed by atoms with Crippen LogP contribution in [-0.4, -0.2) is 47.4 Å². The van der Waals surface area contributed by atoms with E-state index in [9.17, 15) is 0 Å². The molecule has 106 valence electrons. The van der Waals surface area contributed by atoms with Gasteiger partial charge >= 0.3 is 0 Å². The fourth-order valence-electron chi connectivity index (χ4n) is 3.57. The molecule has 3 rings (SSSR count). The third-order valence-electron chi connectivity index (χ3n) is 4.65. The predicted molar refractivity (Wildman–Crippen MR) is 77.3 cm³/mol. The van der Waals surface area contributed by atoms with Crippen LogP contribution in [0.25, 0.3) is 0 Å². The van der Waals surface area contributed by atoms with Gasteiger partial charge in [0.1, 0.15) is 0 Å². The van der Waals surface area contributed by atoms with E-state index in [1.165, 1.54) is 51.0 Å². The van der Waals surface area contributed by atoms with Crippen molar-refractivity contribution < 1.29 is 0 Å². The van der Waals surface area contributed by atoms with Crippen LogP contribution in [0.2, 0.25) is 0 Å². The zero-order chi connectivity index (χ0) is 13.3. The van der Waals surface area contributed by atoms with Gasteiger partial charge in [-0.25, -0.2) is 0 Å². The van der Waals surface area contributed by atoms with E-state index in [1.807, 2.05) is 6.20 Å². The standard InChI is InChI=1S/C15H26N4/c1-13-8-17-19(9-13)14-4-3-7-18(10-14)12-15(2)5-6-16-11-15/h8-9,14,16H,3-7,10-12H2,1-2H3. The normalized spacial score (nSPS) is 32.8. The molecule has 0 radical (unpaired) electrons. The van der Waals surface area contributed by atoms with Gasteiger partial charge in [0.15, 0.2) is 0 Å². The van der Waals surface area contributed by atoms with Gasteiger partial charge in [0.25, 0.3) is 0 Å². The Balaban J connectivity index is 1.61. The van der Waals surface area contributed by atoms with Gasteiger partial charge in [-0.1, -0.05) is 6.92 Å². The molecule has 4 nitrogen and oxygen atoms in total. The largest absolute Gasteiger partial charge is 0.316 e. The van der Waals surface area contributed by atoms with Crippen LogP contribution in [0, 0.1) is 12.3 Å². The third kappa shape index (κ3) is 3.00. The molecule has 2 atom stereocenters. The minimum atomic E-state index is 0.474. The van der Waals surface area contributed by atoms with Crippen molar-refractivity contribution in [2.24, 2.45) is 5.41 Å². The monoisotopic (exact) mass is 262 g/mol. The second kappa shape index (κ2) is 5.25. The van der Waals surface area contributed by atoms with Crippen molar-refractivity contribution in [2.45, 2.75) is 39.2 Å². The van der Waals surface area contributed by atoms with Gasteiger partial charge in [-0.05, 0) is 50.3 Å². The molecule has 0 aliphatic carbocycles. The molecule has 1 N–H and O–H groups in total. The van der Waals surface area contributed by atoms with Crippen LogP contribution in [0.5, 0.6) is 0 Å². The SMILES string of the molecule is Cc1cnn(C2CCCN(CC3(C)CCNC3)C2)c1. The van der Waals surface area contributed by atoms with Crippen LogP contribution in [0.1, 0.15) is 37.8 Å². The number of piperidine rings is 1. The van der Waals surface area contributed by atoms with Gasteiger partial charge in [0.05, 0.1) is 12.2 Å². The lowest BCUT2D eigenvalue weighted by molar-refractivity contribution is 0.119. The molecule has 0 amide bonds. The number of likely N-dealkylation sites (tertiary alicyclic amines) is 1. The predicted octanol–water partition coefficient (Wildman–Crippen LogP) is 1.83. The molecular formula is C15H26N4. The number of aromatic nitrogens is 2. The molecule has 2 saturated heterocycles. The highest BCUT2D eigenvalue weighted by atomic mass is 15.3. The highest BCUT2D eigenvalue weighted by Crippen LogP contribution is 2.29. The molecule has 2 fully saturated rings. The molecule has 3 heterocycles. The summed E-state index contributed by atoms with van der Waals surface area (Å²) in [5.41, 5.74) is 1.74. The molecule has 2 aliphatic heterocycles. The van der Waals surface area contributed by atoms with Crippen molar-refractivity contribution in [3.8, 4) is 0 Å². The highest BCUT2D eigenvalue weighted by molar-refractivity contribution is 5.01. The summed E-state index contributed by atoms with van der Waals surface area (Å²) < 4.78 is 2.18. The summed E-state index contributed by atoms with van der Waals surface area (Å²) in [7, 11) is 0. The quantitative estimate of drug-likeness (QED) is 0.902. The van der Waals surface area contributed by atoms with Gasteiger partial charge in [0, 0.05) is 25.8 Å². The zero-order valence-corrected chi connectivity index (χ0v) is 12.2. The Bertz CT molecular complexity index is 420. The van der Waals surface area contributed by atoms with Gasteiger partial charge in [-0.2, -0.15) is 5.10 Å². The Kier molecular flexibility index (Phi) is 3.63. The van der Waals surface area contributed by atoms with Crippen LogP contribution < -0.4 is 5.32 Å². The Morgan fingerprint density at radius 2 is 2.42 bits per heavy atom. The molecule has 0 aromatic carbocycles. The number of nitrogens with zero attached hydrogens (tertiary/aromatic N) is 3. The van der Waals surface area contributed by atoms with Crippen molar-refractivity contribution >= 4 is 0 Å². The van der Waals surface area contributed by atoms with Crippen LogP contribution in [0.3, 0.4) is 0 Å². The molecular weight excluding hydrogens is 236 g/mol. The second-order valence-corrected chi connectivity index (χ2v) is 6.77. The minimum Gasteiger partial charge on any atom is -0.316 e. The molecule has 19 heavy (non-hydrogen) atoms. The molecule has 1 aromatic rings. The molecule has 2 aliphatic rings. The van der Waals surface area contributed by atoms with E-state index in [1.54, 1.807) is 0 Å². The van der Waals surface area contributed by atoms with Crippen LogP contribution in [-0.2, 0) is 0 Å². The first-order valence-electron chi connectivity index (χ1n) is 7.58. The fraction of sp³-hybridized carbons (Fsp3) is 0.800. The summed E-state index contributed by atoms with van der Waals surface area (Å²) in [6, 6.07) is 0.570. The topological polar surface area (TPSA) is 33.1 Å². The maximum Gasteiger partial charge on any atom is 0.0646 e. The van der Waals surface area contributed by atoms with E-state index >= 15 is 0 Å². The number of hydrogen-bond donors (Lipinski definition) is 1. The van der Waals surface area contributed by atoms with Crippen LogP contribution >= 0.6 is 0 Å². The van der Waals surface area contributed by atoms with Gasteiger partial charge in [-0.15, -0.1) is 0 Å². The number of aryl methyl sites for hydroxylation is 1. The summed E-state index contributed by atoms with van der Waals surface area (Å²) in [5, 5.41) is 8.01. The minimum absolute atomic E-state index is 0.474. The number of nitrogens with one attached hydrogen (secondary N) is 1. The maximum absolute atomic E-state index is 4.50. The van der Waals surface area contributed by atoms with Crippen LogP contribution in [0.15, 0.2) is 12.4 Å². The number of hydrogen-bond acceptors (Lipinski definition) is 3. The van der Waals surface area contributed by atoms with Gasteiger partial charge in [0.2, 0.25) is 0 Å². The Morgan fingerprint density at radius 1 is 1.53 bits per heavy atom. The lowest BCUT2D eigenvalue weighted by atomic mass is 9.88. The first-order valence-corrected chi connectivity index (χ1v) is 7.58. The summed E-state index contributed by atoms with van der Waals surface area (Å²) in [5.74, 6) is 0. The average molecular weight is 262 g/mol. The summed E-state index contributed by atoms with van der Waals surface area (Å²) in [6.45, 7) is 10.6. The molecule has 0 spiro atoms. The van der Waals surface area contributed by atoms with E-state index in [0.717, 1.165) is 6.54 Å². The highest BCUT2D eigenvalue weighted by Gasteiger charge is 2.32. The molecule has 0 bridgehead atoms. The second-order valence-electron chi connectivity index (χ2n) is 6.77. The van der Waals surface area contributed by atoms with Crippen molar-refractivity contribution in [3.63, 3.8) is 0 Å². The number of rotatable bonds is 3. The van der Waals surface area contributed by atoms with E-state index in [-0.39, 0.29) is 0 Å². The first kappa shape index (κ1) is 13.1. The molecule has 4 heteroatoms. The smallest absolute Gasteiger partial charge is 0.0646 e. The summed E-state index contributed by atoms with van der Waals surface area (Å²) in [6.07, 6.45) is 8.04. The lowest BCUT2D eigenvalue weighted by Crippen LogP contribution is -2.43. The average Bonchev–Trinajstić information content (AvgIpc) is 2.99. The molecule has 1 aromatic heterocycles. The Hall–Kier alpha value is -0.870. The van der Waals surface area contributed by atoms with E-state index in [4.69, 9.17) is 0 Å².